The number of hydrogen-bond donors (Lipinski definition) is 3. The highest BCUT2D eigenvalue weighted by Gasteiger charge is 2.47. The zero-order valence-electron chi connectivity index (χ0n) is 27.0. The van der Waals surface area contributed by atoms with Crippen LogP contribution in [0.1, 0.15) is 88.0 Å². The number of hydrogen-bond acceptors (Lipinski definition) is 9. The molecule has 0 amide bonds. The van der Waals surface area contributed by atoms with E-state index >= 15 is 0 Å². The van der Waals surface area contributed by atoms with E-state index in [4.69, 9.17) is 19.9 Å². The molecule has 0 spiro atoms. The lowest BCUT2D eigenvalue weighted by atomic mass is 9.70. The molecule has 12 nitrogen and oxygen atoms in total. The highest BCUT2D eigenvalue weighted by Crippen LogP contribution is 2.46. The van der Waals surface area contributed by atoms with Crippen LogP contribution in [-0.2, 0) is 34.9 Å². The number of imidazole rings is 1. The van der Waals surface area contributed by atoms with Crippen molar-refractivity contribution in [1.29, 1.82) is 0 Å². The van der Waals surface area contributed by atoms with Crippen LogP contribution in [0.25, 0.3) is 11.2 Å². The molecule has 43 heavy (non-hydrogen) atoms. The minimum absolute atomic E-state index is 0.130. The fourth-order valence-electron chi connectivity index (χ4n) is 5.87. The van der Waals surface area contributed by atoms with Crippen molar-refractivity contribution in [2.75, 3.05) is 12.1 Å². The summed E-state index contributed by atoms with van der Waals surface area (Å²) in [6.07, 6.45) is 5.21. The highest BCUT2D eigenvalue weighted by atomic mass is 31.2. The van der Waals surface area contributed by atoms with Crippen molar-refractivity contribution in [3.8, 4) is 0 Å². The molecule has 2 saturated carbocycles. The van der Waals surface area contributed by atoms with E-state index in [2.05, 4.69) is 47.8 Å². The first kappa shape index (κ1) is 33.4. The molecule has 1 atom stereocenters. The molecule has 0 saturated heterocycles. The molecule has 0 unspecified atom stereocenters. The van der Waals surface area contributed by atoms with E-state index in [9.17, 15) is 14.2 Å². The van der Waals surface area contributed by atoms with Crippen LogP contribution in [0.3, 0.4) is 0 Å². The Morgan fingerprint density at radius 3 is 1.95 bits per heavy atom. The van der Waals surface area contributed by atoms with Crippen LogP contribution in [-0.4, -0.2) is 62.2 Å². The molecule has 2 aromatic rings. The maximum atomic E-state index is 14.6. The van der Waals surface area contributed by atoms with Gasteiger partial charge < -0.3 is 24.5 Å². The summed E-state index contributed by atoms with van der Waals surface area (Å²) in [7, 11) is -3.77. The van der Waals surface area contributed by atoms with E-state index in [1.807, 2.05) is 11.5 Å². The monoisotopic (exact) mass is 620 g/mol. The number of anilines is 1. The molecular weight excluding hydrogens is 571 g/mol. The van der Waals surface area contributed by atoms with Crippen LogP contribution in [0.5, 0.6) is 0 Å². The summed E-state index contributed by atoms with van der Waals surface area (Å²) in [5.41, 5.74) is 5.33. The van der Waals surface area contributed by atoms with Gasteiger partial charge in [0.1, 0.15) is 35.2 Å². The average molecular weight is 621 g/mol. The summed E-state index contributed by atoms with van der Waals surface area (Å²) in [6.45, 7) is 17.2. The van der Waals surface area contributed by atoms with E-state index in [0.29, 0.717) is 23.4 Å². The van der Waals surface area contributed by atoms with Crippen molar-refractivity contribution >= 4 is 36.2 Å². The number of nitrogen functional groups attached to an aromatic ring is 1. The van der Waals surface area contributed by atoms with Gasteiger partial charge in [0.25, 0.3) is 0 Å². The number of rotatable bonds is 13. The smallest absolute Gasteiger partial charge is 0.326 e. The Morgan fingerprint density at radius 2 is 1.49 bits per heavy atom. The molecule has 2 heterocycles. The number of nitrogens with two attached hydrogens (primary N) is 1. The number of nitrogens with zero attached hydrogens (tertiary/aromatic N) is 3. The Morgan fingerprint density at radius 1 is 1.00 bits per heavy atom. The number of ether oxygens (including phenoxy) is 3. The second kappa shape index (κ2) is 11.8. The van der Waals surface area contributed by atoms with Crippen molar-refractivity contribution in [2.24, 2.45) is 10.8 Å². The molecule has 4 rings (SSSR count). The predicted octanol–water partition coefficient (Wildman–Crippen LogP) is 4.77. The predicted molar refractivity (Wildman–Crippen MR) is 165 cm³/mol. The van der Waals surface area contributed by atoms with Crippen LogP contribution in [0.15, 0.2) is 18.6 Å². The maximum Gasteiger partial charge on any atom is 0.326 e. The van der Waals surface area contributed by atoms with Gasteiger partial charge in [-0.3, -0.25) is 14.2 Å². The minimum atomic E-state index is -3.77. The molecule has 2 aliphatic carbocycles. The lowest BCUT2D eigenvalue weighted by Gasteiger charge is -2.44. The van der Waals surface area contributed by atoms with Gasteiger partial charge in [0, 0.05) is 6.20 Å². The topological polar surface area (TPSA) is 160 Å². The van der Waals surface area contributed by atoms with Crippen molar-refractivity contribution in [3.05, 3.63) is 18.6 Å². The number of fused-ring (bicyclic) bond motifs is 1. The van der Waals surface area contributed by atoms with E-state index in [1.165, 1.54) is 0 Å². The third kappa shape index (κ3) is 8.15. The number of carbonyl (C=O) groups is 2. The van der Waals surface area contributed by atoms with Crippen molar-refractivity contribution < 1.29 is 28.4 Å². The summed E-state index contributed by atoms with van der Waals surface area (Å²) >= 11 is 0. The van der Waals surface area contributed by atoms with Crippen LogP contribution < -0.4 is 15.9 Å². The molecule has 13 heteroatoms. The fraction of sp³-hybridized carbons (Fsp3) is 0.733. The summed E-state index contributed by atoms with van der Waals surface area (Å²) in [4.78, 5) is 35.1. The summed E-state index contributed by atoms with van der Waals surface area (Å²) in [6, 6.07) is 1.68. The van der Waals surface area contributed by atoms with Crippen molar-refractivity contribution in [2.45, 2.75) is 124 Å². The second-order valence-corrected chi connectivity index (χ2v) is 17.2. The molecule has 0 radical (unpaired) electrons. The fourth-order valence-corrected chi connectivity index (χ4v) is 8.51. The Balaban J connectivity index is 1.47. The van der Waals surface area contributed by atoms with Gasteiger partial charge in [-0.25, -0.2) is 20.1 Å². The lowest BCUT2D eigenvalue weighted by molar-refractivity contribution is -0.165. The molecule has 0 aromatic carbocycles. The van der Waals surface area contributed by atoms with Gasteiger partial charge >= 0.3 is 11.9 Å². The number of pyridine rings is 1. The number of aromatic nitrogens is 3. The van der Waals surface area contributed by atoms with Crippen LogP contribution in [0.4, 0.5) is 5.69 Å². The van der Waals surface area contributed by atoms with Crippen LogP contribution in [0, 0.1) is 10.8 Å². The third-order valence-corrected chi connectivity index (χ3v) is 10.5. The maximum absolute atomic E-state index is 14.6. The van der Waals surface area contributed by atoms with Gasteiger partial charge in [-0.2, -0.15) is 0 Å². The third-order valence-electron chi connectivity index (χ3n) is 8.14. The Hall–Kier alpha value is -2.53. The Bertz CT molecular complexity index is 1330. The standard InChI is InChI=1S/C30H49N6O6P/c1-19(16-36-17-33-23-22(31)10-11-32-24(23)36)40-18-43(39,34-29(6,7)25(37)41-20-12-27(2,3)13-20)35-30(8,9)26(38)42-21-14-28(4,5)15-21/h10-11,17,19-21H,12-16,18H2,1-9H3,(H2,31,32)(H2,34,35,39)/t19-/m1/s1. The van der Waals surface area contributed by atoms with E-state index < -0.39 is 36.6 Å². The first-order valence-electron chi connectivity index (χ1n) is 15.0. The molecule has 2 fully saturated rings. The summed E-state index contributed by atoms with van der Waals surface area (Å²) in [5.74, 6) is -1.04. The zero-order valence-corrected chi connectivity index (χ0v) is 27.9. The quantitative estimate of drug-likeness (QED) is 0.209. The van der Waals surface area contributed by atoms with Crippen molar-refractivity contribution in [1.82, 2.24) is 24.7 Å². The van der Waals surface area contributed by atoms with Crippen molar-refractivity contribution in [3.63, 3.8) is 0 Å². The normalized spacial score (nSPS) is 19.8. The van der Waals surface area contributed by atoms with E-state index in [-0.39, 0.29) is 29.4 Å². The lowest BCUT2D eigenvalue weighted by Crippen LogP contribution is -2.55. The molecule has 2 aromatic heterocycles. The number of nitrogens with one attached hydrogen (secondary N) is 2. The van der Waals surface area contributed by atoms with E-state index in [0.717, 1.165) is 25.7 Å². The van der Waals surface area contributed by atoms with Crippen LogP contribution in [0.2, 0.25) is 0 Å². The van der Waals surface area contributed by atoms with Crippen LogP contribution >= 0.6 is 7.44 Å². The first-order chi connectivity index (χ1) is 19.7. The van der Waals surface area contributed by atoms with Gasteiger partial charge in [0.15, 0.2) is 5.65 Å². The molecule has 2 aliphatic rings. The summed E-state index contributed by atoms with van der Waals surface area (Å²) in [5, 5.41) is 5.98. The van der Waals surface area contributed by atoms with E-state index in [1.54, 1.807) is 46.3 Å². The van der Waals surface area contributed by atoms with Gasteiger partial charge in [-0.1, -0.05) is 27.7 Å². The molecule has 0 aliphatic heterocycles. The Labute approximate surface area is 254 Å². The van der Waals surface area contributed by atoms with Gasteiger partial charge in [0.05, 0.1) is 24.7 Å². The minimum Gasteiger partial charge on any atom is -0.461 e. The molecular formula is C30H49N6O6P. The highest BCUT2D eigenvalue weighted by molar-refractivity contribution is 7.59. The first-order valence-corrected chi connectivity index (χ1v) is 16.9. The average Bonchev–Trinajstić information content (AvgIpc) is 3.23. The zero-order chi connectivity index (χ0) is 32.0. The largest absolute Gasteiger partial charge is 0.461 e. The molecule has 240 valence electrons. The Kier molecular flexibility index (Phi) is 9.13. The second-order valence-electron chi connectivity index (χ2n) is 15.0. The molecule has 0 bridgehead atoms. The van der Waals surface area contributed by atoms with Gasteiger partial charge in [-0.05, 0) is 77.2 Å². The SMILES string of the molecule is C[C@H](Cn1cnc2c(N)ccnc21)OCP(=O)(NC(C)(C)C(=O)OC1CC(C)(C)C1)NC(C)(C)C(=O)OC1CC(C)(C)C1. The number of esters is 2. The van der Waals surface area contributed by atoms with Gasteiger partial charge in [-0.15, -0.1) is 0 Å². The molecule has 4 N–H and O–H groups in total. The summed E-state index contributed by atoms with van der Waals surface area (Å²) < 4.78 is 33.9. The number of carbonyl (C=O) groups excluding carboxylic acids is 2. The van der Waals surface area contributed by atoms with Gasteiger partial charge in [0.2, 0.25) is 7.44 Å².